The first-order valence-electron chi connectivity index (χ1n) is 7.82. The minimum atomic E-state index is 0.302. The largest absolute Gasteiger partial charge is 0.497 e. The summed E-state index contributed by atoms with van der Waals surface area (Å²) in [7, 11) is 1.69. The van der Waals surface area contributed by atoms with Gasteiger partial charge in [-0.15, -0.1) is 0 Å². The molecule has 0 saturated carbocycles. The van der Waals surface area contributed by atoms with Crippen molar-refractivity contribution in [2.75, 3.05) is 26.8 Å². The molecule has 2 atom stereocenters. The van der Waals surface area contributed by atoms with Crippen LogP contribution in [0.25, 0.3) is 10.9 Å². The van der Waals surface area contributed by atoms with Crippen molar-refractivity contribution in [2.24, 2.45) is 5.73 Å². The predicted octanol–water partition coefficient (Wildman–Crippen LogP) is 1.58. The van der Waals surface area contributed by atoms with E-state index in [4.69, 9.17) is 15.2 Å². The Morgan fingerprint density at radius 1 is 1.41 bits per heavy atom. The van der Waals surface area contributed by atoms with Gasteiger partial charge >= 0.3 is 0 Å². The molecule has 0 bridgehead atoms. The number of likely N-dealkylation sites (tertiary alicyclic amines) is 1. The maximum absolute atomic E-state index is 6.05. The molecule has 5 heteroatoms. The van der Waals surface area contributed by atoms with Crippen LogP contribution in [0.2, 0.25) is 0 Å². The molecule has 116 valence electrons. The maximum atomic E-state index is 6.05. The lowest BCUT2D eigenvalue weighted by atomic mass is 9.98. The average Bonchev–Trinajstić information content (AvgIpc) is 3.00. The molecule has 0 radical (unpaired) electrons. The number of ether oxygens (including phenoxy) is 2. The molecule has 1 saturated heterocycles. The van der Waals surface area contributed by atoms with Crippen LogP contribution in [0.3, 0.4) is 0 Å². The number of nitrogens with two attached hydrogens (primary N) is 1. The first-order valence-corrected chi connectivity index (χ1v) is 7.82. The van der Waals surface area contributed by atoms with E-state index in [1.807, 2.05) is 18.3 Å². The van der Waals surface area contributed by atoms with Crippen LogP contribution in [0.5, 0.6) is 11.5 Å². The predicted molar refractivity (Wildman–Crippen MR) is 85.4 cm³/mol. The molecule has 4 rings (SSSR count). The van der Waals surface area contributed by atoms with Crippen molar-refractivity contribution < 1.29 is 9.47 Å². The lowest BCUT2D eigenvalue weighted by Gasteiger charge is -2.32. The van der Waals surface area contributed by atoms with Crippen molar-refractivity contribution >= 4 is 10.9 Å². The fourth-order valence-electron chi connectivity index (χ4n) is 3.53. The number of aromatic nitrogens is 1. The molecule has 0 amide bonds. The van der Waals surface area contributed by atoms with E-state index >= 15 is 0 Å². The summed E-state index contributed by atoms with van der Waals surface area (Å²) >= 11 is 0. The number of hydrogen-bond acceptors (Lipinski definition) is 5. The Bertz CT molecular complexity index is 698. The number of methoxy groups -OCH3 is 1. The van der Waals surface area contributed by atoms with Crippen LogP contribution in [-0.2, 0) is 6.42 Å². The quantitative estimate of drug-likeness (QED) is 0.912. The Labute approximate surface area is 130 Å². The summed E-state index contributed by atoms with van der Waals surface area (Å²) < 4.78 is 11.3. The Hall–Kier alpha value is -1.85. The van der Waals surface area contributed by atoms with Gasteiger partial charge in [0.05, 0.1) is 18.8 Å². The molecule has 1 aromatic carbocycles. The highest BCUT2D eigenvalue weighted by atomic mass is 16.5. The fourth-order valence-corrected chi connectivity index (χ4v) is 3.53. The van der Waals surface area contributed by atoms with E-state index in [0.29, 0.717) is 12.1 Å². The van der Waals surface area contributed by atoms with Crippen LogP contribution in [0, 0.1) is 0 Å². The second-order valence-corrected chi connectivity index (χ2v) is 6.20. The highest BCUT2D eigenvalue weighted by molar-refractivity contribution is 5.85. The van der Waals surface area contributed by atoms with Gasteiger partial charge in [0.1, 0.15) is 18.1 Å². The average molecular weight is 299 g/mol. The first kappa shape index (κ1) is 13.8. The van der Waals surface area contributed by atoms with Gasteiger partial charge in [-0.25, -0.2) is 0 Å². The van der Waals surface area contributed by atoms with Crippen LogP contribution < -0.4 is 15.2 Å². The zero-order chi connectivity index (χ0) is 15.1. The topological polar surface area (TPSA) is 60.6 Å². The minimum Gasteiger partial charge on any atom is -0.497 e. The number of nitrogens with zero attached hydrogens (tertiary/aromatic N) is 2. The third-order valence-electron chi connectivity index (χ3n) is 4.79. The summed E-state index contributed by atoms with van der Waals surface area (Å²) in [4.78, 5) is 6.95. The molecular weight excluding hydrogens is 278 g/mol. The van der Waals surface area contributed by atoms with Crippen molar-refractivity contribution in [1.82, 2.24) is 9.88 Å². The second-order valence-electron chi connectivity index (χ2n) is 6.20. The molecule has 3 heterocycles. The summed E-state index contributed by atoms with van der Waals surface area (Å²) in [6, 6.07) is 6.71. The smallest absolute Gasteiger partial charge is 0.141 e. The van der Waals surface area contributed by atoms with Crippen molar-refractivity contribution in [2.45, 2.75) is 24.9 Å². The summed E-state index contributed by atoms with van der Waals surface area (Å²) in [6.45, 7) is 2.75. The summed E-state index contributed by atoms with van der Waals surface area (Å²) in [5.74, 6) is 1.76. The van der Waals surface area contributed by atoms with Crippen molar-refractivity contribution in [3.8, 4) is 11.5 Å². The molecule has 22 heavy (non-hydrogen) atoms. The fraction of sp³-hybridized carbons (Fsp3) is 0.471. The number of hydrogen-bond donors (Lipinski definition) is 1. The monoisotopic (exact) mass is 299 g/mol. The number of rotatable bonds is 2. The van der Waals surface area contributed by atoms with Gasteiger partial charge in [-0.2, -0.15) is 0 Å². The zero-order valence-electron chi connectivity index (χ0n) is 12.8. The molecule has 2 N–H and O–H groups in total. The van der Waals surface area contributed by atoms with Crippen LogP contribution >= 0.6 is 0 Å². The molecule has 2 unspecified atom stereocenters. The molecule has 1 aromatic heterocycles. The van der Waals surface area contributed by atoms with Crippen LogP contribution in [0.4, 0.5) is 0 Å². The molecule has 1 fully saturated rings. The van der Waals surface area contributed by atoms with Gasteiger partial charge in [0, 0.05) is 36.1 Å². The third-order valence-corrected chi connectivity index (χ3v) is 4.79. The Morgan fingerprint density at radius 2 is 2.32 bits per heavy atom. The van der Waals surface area contributed by atoms with E-state index in [9.17, 15) is 0 Å². The number of fused-ring (bicyclic) bond motifs is 3. The van der Waals surface area contributed by atoms with Crippen molar-refractivity contribution in [3.63, 3.8) is 0 Å². The van der Waals surface area contributed by atoms with E-state index in [-0.39, 0.29) is 0 Å². The standard InChI is InChI=1S/C17H21N3O2/c1-21-13-2-3-16-14(7-13)15-6-12(10-22-17(15)8-19-16)20-5-4-11(18)9-20/h2-3,7-8,11-12H,4-6,9-10,18H2,1H3. The summed E-state index contributed by atoms with van der Waals surface area (Å²) in [6.07, 6.45) is 3.90. The lowest BCUT2D eigenvalue weighted by Crippen LogP contribution is -2.43. The number of pyridine rings is 1. The van der Waals surface area contributed by atoms with Crippen LogP contribution in [0.1, 0.15) is 12.0 Å². The summed E-state index contributed by atoms with van der Waals surface area (Å²) in [5, 5.41) is 1.13. The molecule has 2 aliphatic rings. The molecule has 0 aliphatic carbocycles. The van der Waals surface area contributed by atoms with Crippen LogP contribution in [-0.4, -0.2) is 48.8 Å². The van der Waals surface area contributed by atoms with Gasteiger partial charge in [0.15, 0.2) is 0 Å². The van der Waals surface area contributed by atoms with E-state index in [1.54, 1.807) is 7.11 Å². The zero-order valence-corrected chi connectivity index (χ0v) is 12.8. The lowest BCUT2D eigenvalue weighted by molar-refractivity contribution is 0.141. The van der Waals surface area contributed by atoms with Gasteiger partial charge < -0.3 is 15.2 Å². The van der Waals surface area contributed by atoms with E-state index in [2.05, 4.69) is 16.0 Å². The Kier molecular flexibility index (Phi) is 3.39. The van der Waals surface area contributed by atoms with Gasteiger partial charge in [0.25, 0.3) is 0 Å². The van der Waals surface area contributed by atoms with Gasteiger partial charge in [0.2, 0.25) is 0 Å². The molecular formula is C17H21N3O2. The first-order chi connectivity index (χ1) is 10.7. The van der Waals surface area contributed by atoms with Gasteiger partial charge in [-0.1, -0.05) is 0 Å². The van der Waals surface area contributed by atoms with Crippen LogP contribution in [0.15, 0.2) is 24.4 Å². The van der Waals surface area contributed by atoms with Crippen molar-refractivity contribution in [1.29, 1.82) is 0 Å². The highest BCUT2D eigenvalue weighted by Crippen LogP contribution is 2.34. The van der Waals surface area contributed by atoms with Gasteiger partial charge in [-0.05, 0) is 31.0 Å². The van der Waals surface area contributed by atoms with E-state index < -0.39 is 0 Å². The molecule has 2 aromatic rings. The maximum Gasteiger partial charge on any atom is 0.141 e. The van der Waals surface area contributed by atoms with Gasteiger partial charge in [-0.3, -0.25) is 9.88 Å². The SMILES string of the molecule is COc1ccc2ncc3c(c2c1)CC(N1CCC(N)C1)CO3. The minimum absolute atomic E-state index is 0.302. The van der Waals surface area contributed by atoms with Crippen molar-refractivity contribution in [3.05, 3.63) is 30.0 Å². The Balaban J connectivity index is 1.71. The van der Waals surface area contributed by atoms with E-state index in [0.717, 1.165) is 54.9 Å². The second kappa shape index (κ2) is 5.41. The normalized spacial score (nSPS) is 25.0. The summed E-state index contributed by atoms with van der Waals surface area (Å²) in [5.41, 5.74) is 8.27. The number of benzene rings is 1. The molecule has 5 nitrogen and oxygen atoms in total. The Morgan fingerprint density at radius 3 is 3.09 bits per heavy atom. The van der Waals surface area contributed by atoms with E-state index in [1.165, 1.54) is 5.56 Å². The third kappa shape index (κ3) is 2.30. The molecule has 2 aliphatic heterocycles. The highest BCUT2D eigenvalue weighted by Gasteiger charge is 2.31. The molecule has 0 spiro atoms.